The third kappa shape index (κ3) is 1.78. The highest BCUT2D eigenvalue weighted by Crippen LogP contribution is 2.25. The Kier molecular flexibility index (Phi) is 2.51. The Hall–Kier alpha value is -1.34. The molecule has 70 valence electrons. The van der Waals surface area contributed by atoms with Gasteiger partial charge in [0.1, 0.15) is 0 Å². The molecule has 0 bridgehead atoms. The van der Waals surface area contributed by atoms with Crippen LogP contribution < -0.4 is 0 Å². The maximum Gasteiger partial charge on any atom is 0.0412 e. The first kappa shape index (κ1) is 9.22. The van der Waals surface area contributed by atoms with Gasteiger partial charge in [-0.15, -0.1) is 0 Å². The zero-order chi connectivity index (χ0) is 9.97. The maximum absolute atomic E-state index is 5.95. The van der Waals surface area contributed by atoms with Crippen LogP contribution in [0.15, 0.2) is 42.7 Å². The van der Waals surface area contributed by atoms with Crippen LogP contribution in [0.3, 0.4) is 0 Å². The van der Waals surface area contributed by atoms with Gasteiger partial charge in [-0.05, 0) is 47.9 Å². The molecule has 2 rings (SSSR count). The van der Waals surface area contributed by atoms with Gasteiger partial charge in [-0.3, -0.25) is 4.98 Å². The van der Waals surface area contributed by atoms with E-state index in [9.17, 15) is 0 Å². The molecule has 14 heavy (non-hydrogen) atoms. The monoisotopic (exact) mass is 203 g/mol. The average Bonchev–Trinajstić information content (AvgIpc) is 2.23. The second kappa shape index (κ2) is 3.81. The molecule has 0 saturated carbocycles. The van der Waals surface area contributed by atoms with E-state index in [1.54, 1.807) is 12.4 Å². The van der Waals surface area contributed by atoms with E-state index in [-0.39, 0.29) is 0 Å². The van der Waals surface area contributed by atoms with E-state index in [1.807, 2.05) is 30.3 Å². The van der Waals surface area contributed by atoms with Gasteiger partial charge in [0.05, 0.1) is 0 Å². The molecule has 0 spiro atoms. The van der Waals surface area contributed by atoms with Crippen LogP contribution >= 0.6 is 11.6 Å². The summed E-state index contributed by atoms with van der Waals surface area (Å²) in [4.78, 5) is 3.99. The van der Waals surface area contributed by atoms with E-state index < -0.39 is 0 Å². The largest absolute Gasteiger partial charge is 0.265 e. The normalized spacial score (nSPS) is 10.1. The number of pyridine rings is 1. The van der Waals surface area contributed by atoms with E-state index >= 15 is 0 Å². The van der Waals surface area contributed by atoms with Gasteiger partial charge in [0.15, 0.2) is 0 Å². The number of aryl methyl sites for hydroxylation is 1. The lowest BCUT2D eigenvalue weighted by molar-refractivity contribution is 1.32. The SMILES string of the molecule is Cc1ccc(Cl)cc1-c1ccncc1. The standard InChI is InChI=1S/C12H10ClN/c1-9-2-3-11(13)8-12(9)10-4-6-14-7-5-10/h2-8H,1H3. The number of nitrogens with zero attached hydrogens (tertiary/aromatic N) is 1. The molecule has 0 saturated heterocycles. The molecule has 0 radical (unpaired) electrons. The first-order valence-corrected chi connectivity index (χ1v) is 4.82. The minimum atomic E-state index is 0.766. The summed E-state index contributed by atoms with van der Waals surface area (Å²) in [5, 5.41) is 0.766. The summed E-state index contributed by atoms with van der Waals surface area (Å²) in [7, 11) is 0. The Morgan fingerprint density at radius 1 is 1.07 bits per heavy atom. The van der Waals surface area contributed by atoms with Gasteiger partial charge in [-0.1, -0.05) is 17.7 Å². The zero-order valence-corrected chi connectivity index (χ0v) is 8.62. The van der Waals surface area contributed by atoms with Crippen molar-refractivity contribution in [2.45, 2.75) is 6.92 Å². The Bertz CT molecular complexity index is 437. The molecule has 0 atom stereocenters. The highest BCUT2D eigenvalue weighted by atomic mass is 35.5. The molecule has 1 nitrogen and oxygen atoms in total. The summed E-state index contributed by atoms with van der Waals surface area (Å²) in [6, 6.07) is 9.88. The van der Waals surface area contributed by atoms with Crippen LogP contribution in [-0.4, -0.2) is 4.98 Å². The molecule has 1 aromatic carbocycles. The van der Waals surface area contributed by atoms with Crippen LogP contribution in [0.4, 0.5) is 0 Å². The summed E-state index contributed by atoms with van der Waals surface area (Å²) < 4.78 is 0. The number of halogens is 1. The fourth-order valence-electron chi connectivity index (χ4n) is 1.44. The van der Waals surface area contributed by atoms with Crippen molar-refractivity contribution < 1.29 is 0 Å². The lowest BCUT2D eigenvalue weighted by Crippen LogP contribution is -1.83. The number of rotatable bonds is 1. The van der Waals surface area contributed by atoms with Gasteiger partial charge in [-0.2, -0.15) is 0 Å². The minimum Gasteiger partial charge on any atom is -0.265 e. The van der Waals surface area contributed by atoms with Crippen LogP contribution in [0.25, 0.3) is 11.1 Å². The average molecular weight is 204 g/mol. The quantitative estimate of drug-likeness (QED) is 0.689. The Labute approximate surface area is 88.4 Å². The van der Waals surface area contributed by atoms with Crippen molar-refractivity contribution in [1.29, 1.82) is 0 Å². The third-order valence-corrected chi connectivity index (χ3v) is 2.43. The minimum absolute atomic E-state index is 0.766. The summed E-state index contributed by atoms with van der Waals surface area (Å²) in [6.07, 6.45) is 3.57. The summed E-state index contributed by atoms with van der Waals surface area (Å²) in [5.74, 6) is 0. The molecule has 2 heteroatoms. The Balaban J connectivity index is 2.57. The van der Waals surface area contributed by atoms with E-state index in [0.29, 0.717) is 0 Å². The van der Waals surface area contributed by atoms with Crippen molar-refractivity contribution in [2.24, 2.45) is 0 Å². The molecular formula is C12H10ClN. The fraction of sp³-hybridized carbons (Fsp3) is 0.0833. The number of benzene rings is 1. The van der Waals surface area contributed by atoms with Crippen molar-refractivity contribution in [3.05, 3.63) is 53.3 Å². The molecule has 1 aromatic heterocycles. The van der Waals surface area contributed by atoms with Crippen LogP contribution in [0, 0.1) is 6.92 Å². The van der Waals surface area contributed by atoms with E-state index in [1.165, 1.54) is 11.1 Å². The second-order valence-electron chi connectivity index (χ2n) is 3.20. The van der Waals surface area contributed by atoms with Crippen molar-refractivity contribution in [2.75, 3.05) is 0 Å². The van der Waals surface area contributed by atoms with Crippen LogP contribution in [0.2, 0.25) is 5.02 Å². The highest BCUT2D eigenvalue weighted by Gasteiger charge is 2.01. The van der Waals surface area contributed by atoms with E-state index in [0.717, 1.165) is 10.6 Å². The molecular weight excluding hydrogens is 194 g/mol. The smallest absolute Gasteiger partial charge is 0.0412 e. The summed E-state index contributed by atoms with van der Waals surface area (Å²) in [6.45, 7) is 2.08. The number of aromatic nitrogens is 1. The van der Waals surface area contributed by atoms with Crippen molar-refractivity contribution >= 4 is 11.6 Å². The molecule has 0 amide bonds. The lowest BCUT2D eigenvalue weighted by atomic mass is 10.0. The molecule has 1 heterocycles. The van der Waals surface area contributed by atoms with Crippen molar-refractivity contribution in [1.82, 2.24) is 4.98 Å². The topological polar surface area (TPSA) is 12.9 Å². The molecule has 0 fully saturated rings. The molecule has 2 aromatic rings. The van der Waals surface area contributed by atoms with Gasteiger partial charge >= 0.3 is 0 Å². The molecule has 0 N–H and O–H groups in total. The van der Waals surface area contributed by atoms with Crippen LogP contribution in [-0.2, 0) is 0 Å². The maximum atomic E-state index is 5.95. The molecule has 0 aliphatic rings. The van der Waals surface area contributed by atoms with Crippen LogP contribution in [0.1, 0.15) is 5.56 Å². The van der Waals surface area contributed by atoms with Crippen LogP contribution in [0.5, 0.6) is 0 Å². The lowest BCUT2D eigenvalue weighted by Gasteiger charge is -2.05. The van der Waals surface area contributed by atoms with Crippen molar-refractivity contribution in [3.8, 4) is 11.1 Å². The fourth-order valence-corrected chi connectivity index (χ4v) is 1.61. The van der Waals surface area contributed by atoms with Gasteiger partial charge in [-0.25, -0.2) is 0 Å². The number of hydrogen-bond donors (Lipinski definition) is 0. The zero-order valence-electron chi connectivity index (χ0n) is 7.87. The van der Waals surface area contributed by atoms with Gasteiger partial charge in [0.2, 0.25) is 0 Å². The van der Waals surface area contributed by atoms with Gasteiger partial charge < -0.3 is 0 Å². The first-order valence-electron chi connectivity index (χ1n) is 4.44. The molecule has 0 aliphatic heterocycles. The highest BCUT2D eigenvalue weighted by molar-refractivity contribution is 6.30. The predicted molar refractivity (Wildman–Crippen MR) is 59.4 cm³/mol. The summed E-state index contributed by atoms with van der Waals surface area (Å²) >= 11 is 5.95. The van der Waals surface area contributed by atoms with Crippen molar-refractivity contribution in [3.63, 3.8) is 0 Å². The number of hydrogen-bond acceptors (Lipinski definition) is 1. The Morgan fingerprint density at radius 2 is 1.79 bits per heavy atom. The van der Waals surface area contributed by atoms with E-state index in [2.05, 4.69) is 11.9 Å². The Morgan fingerprint density at radius 3 is 2.50 bits per heavy atom. The van der Waals surface area contributed by atoms with E-state index in [4.69, 9.17) is 11.6 Å². The molecule has 0 aliphatic carbocycles. The first-order chi connectivity index (χ1) is 6.77. The third-order valence-electron chi connectivity index (χ3n) is 2.19. The summed E-state index contributed by atoms with van der Waals surface area (Å²) in [5.41, 5.74) is 3.54. The second-order valence-corrected chi connectivity index (χ2v) is 3.63. The molecule has 0 unspecified atom stereocenters. The predicted octanol–water partition coefficient (Wildman–Crippen LogP) is 3.71. The van der Waals surface area contributed by atoms with Gasteiger partial charge in [0, 0.05) is 17.4 Å². The van der Waals surface area contributed by atoms with Gasteiger partial charge in [0.25, 0.3) is 0 Å².